The van der Waals surface area contributed by atoms with E-state index in [1.807, 2.05) is 12.2 Å². The Balaban J connectivity index is 3.08. The van der Waals surface area contributed by atoms with Crippen molar-refractivity contribution in [1.82, 2.24) is 0 Å². The van der Waals surface area contributed by atoms with Crippen LogP contribution in [0.3, 0.4) is 0 Å². The number of aliphatic imine (C=N–C) groups is 1. The van der Waals surface area contributed by atoms with Crippen molar-refractivity contribution in [3.05, 3.63) is 48.2 Å². The zero-order valence-electron chi connectivity index (χ0n) is 6.46. The van der Waals surface area contributed by atoms with Gasteiger partial charge in [0.25, 0.3) is 0 Å². The van der Waals surface area contributed by atoms with Crippen molar-refractivity contribution in [2.45, 2.75) is 6.42 Å². The molecule has 0 amide bonds. The summed E-state index contributed by atoms with van der Waals surface area (Å²) in [4.78, 5) is 3.88. The summed E-state index contributed by atoms with van der Waals surface area (Å²) in [6.07, 6.45) is 10.8. The predicted octanol–water partition coefficient (Wildman–Crippen LogP) is 2.64. The van der Waals surface area contributed by atoms with E-state index in [-0.39, 0.29) is 0 Å². The summed E-state index contributed by atoms with van der Waals surface area (Å²) < 4.78 is 0. The first-order valence-corrected chi connectivity index (χ1v) is 3.55. The van der Waals surface area contributed by atoms with Crippen LogP contribution in [0.4, 0.5) is 0 Å². The minimum absolute atomic E-state index is 0.897. The minimum Gasteiger partial charge on any atom is -0.264 e. The molecule has 1 rings (SSSR count). The van der Waals surface area contributed by atoms with E-state index >= 15 is 0 Å². The molecule has 0 saturated carbocycles. The fraction of sp³-hybridized carbons (Fsp3) is 0.100. The Morgan fingerprint density at radius 1 is 1.36 bits per heavy atom. The van der Waals surface area contributed by atoms with Crippen molar-refractivity contribution in [2.75, 3.05) is 0 Å². The van der Waals surface area contributed by atoms with E-state index in [1.54, 1.807) is 6.08 Å². The molecule has 1 aliphatic rings. The monoisotopic (exact) mass is 145 g/mol. The van der Waals surface area contributed by atoms with Crippen molar-refractivity contribution in [3.63, 3.8) is 0 Å². The van der Waals surface area contributed by atoms with Gasteiger partial charge in [-0.3, -0.25) is 4.99 Å². The van der Waals surface area contributed by atoms with E-state index in [1.165, 1.54) is 0 Å². The Hall–Kier alpha value is -1.37. The van der Waals surface area contributed by atoms with Gasteiger partial charge in [0.2, 0.25) is 0 Å². The van der Waals surface area contributed by atoms with Gasteiger partial charge >= 0.3 is 0 Å². The van der Waals surface area contributed by atoms with E-state index in [2.05, 4.69) is 30.4 Å². The van der Waals surface area contributed by atoms with Gasteiger partial charge in [0.1, 0.15) is 0 Å². The van der Waals surface area contributed by atoms with Crippen molar-refractivity contribution in [3.8, 4) is 0 Å². The zero-order valence-corrected chi connectivity index (χ0v) is 6.46. The number of hydrogen-bond donors (Lipinski definition) is 0. The number of nitrogens with zero attached hydrogens (tertiary/aromatic N) is 1. The molecule has 0 radical (unpaired) electrons. The molecule has 0 unspecified atom stereocenters. The molecule has 0 heterocycles. The highest BCUT2D eigenvalue weighted by molar-refractivity contribution is 5.45. The lowest BCUT2D eigenvalue weighted by Gasteiger charge is -1.95. The first-order valence-electron chi connectivity index (χ1n) is 3.55. The average molecular weight is 145 g/mol. The lowest BCUT2D eigenvalue weighted by molar-refractivity contribution is 1.37. The van der Waals surface area contributed by atoms with Gasteiger partial charge in [-0.25, -0.2) is 0 Å². The van der Waals surface area contributed by atoms with E-state index in [4.69, 9.17) is 0 Å². The smallest absolute Gasteiger partial charge is 0.0691 e. The maximum atomic E-state index is 3.88. The molecule has 0 aromatic heterocycles. The summed E-state index contributed by atoms with van der Waals surface area (Å²) in [6.45, 7) is 7.18. The molecule has 11 heavy (non-hydrogen) atoms. The van der Waals surface area contributed by atoms with Gasteiger partial charge in [0, 0.05) is 0 Å². The third-order valence-corrected chi connectivity index (χ3v) is 1.53. The fourth-order valence-corrected chi connectivity index (χ4v) is 0.951. The molecular weight excluding hydrogens is 134 g/mol. The summed E-state index contributed by atoms with van der Waals surface area (Å²) in [5.41, 5.74) is 1.93. The van der Waals surface area contributed by atoms with Crippen LogP contribution in [0.25, 0.3) is 0 Å². The maximum Gasteiger partial charge on any atom is 0.0691 e. The molecule has 0 bridgehead atoms. The number of rotatable bonds is 2. The highest BCUT2D eigenvalue weighted by Gasteiger charge is 1.95. The van der Waals surface area contributed by atoms with Crippen molar-refractivity contribution in [1.29, 1.82) is 0 Å². The Kier molecular flexibility index (Phi) is 2.61. The topological polar surface area (TPSA) is 12.4 Å². The quantitative estimate of drug-likeness (QED) is 0.530. The fourth-order valence-electron chi connectivity index (χ4n) is 0.951. The summed E-state index contributed by atoms with van der Waals surface area (Å²) in [5.74, 6) is 0. The van der Waals surface area contributed by atoms with Crippen LogP contribution in [0.2, 0.25) is 0 Å². The second-order valence-corrected chi connectivity index (χ2v) is 2.24. The molecule has 0 aromatic rings. The summed E-state index contributed by atoms with van der Waals surface area (Å²) in [5, 5.41) is 0. The number of hydrogen-bond acceptors (Lipinski definition) is 1. The van der Waals surface area contributed by atoms with Crippen LogP contribution in [-0.2, 0) is 0 Å². The number of allylic oxidation sites excluding steroid dienone is 6. The summed E-state index contributed by atoms with van der Waals surface area (Å²) in [7, 11) is 0. The summed E-state index contributed by atoms with van der Waals surface area (Å²) in [6, 6.07) is 0. The normalized spacial score (nSPS) is 16.4. The molecule has 0 N–H and O–H groups in total. The van der Waals surface area contributed by atoms with Crippen LogP contribution in [0, 0.1) is 0 Å². The van der Waals surface area contributed by atoms with Gasteiger partial charge < -0.3 is 0 Å². The van der Waals surface area contributed by atoms with E-state index in [0.717, 1.165) is 17.7 Å². The van der Waals surface area contributed by atoms with Gasteiger partial charge in [-0.2, -0.15) is 0 Å². The van der Waals surface area contributed by atoms with Crippen molar-refractivity contribution >= 4 is 6.72 Å². The SMILES string of the molecule is C=CC1=C(N=C)C=CCC=C1. The van der Waals surface area contributed by atoms with Crippen LogP contribution in [-0.4, -0.2) is 6.72 Å². The van der Waals surface area contributed by atoms with Crippen LogP contribution in [0.1, 0.15) is 6.42 Å². The molecule has 0 saturated heterocycles. The molecule has 0 aliphatic heterocycles. The third-order valence-electron chi connectivity index (χ3n) is 1.53. The van der Waals surface area contributed by atoms with Gasteiger partial charge in [0.05, 0.1) is 5.70 Å². The Morgan fingerprint density at radius 3 is 2.73 bits per heavy atom. The molecule has 0 spiro atoms. The Labute approximate surface area is 67.2 Å². The highest BCUT2D eigenvalue weighted by Crippen LogP contribution is 2.13. The second kappa shape index (κ2) is 3.71. The molecule has 1 nitrogen and oxygen atoms in total. The second-order valence-electron chi connectivity index (χ2n) is 2.24. The summed E-state index contributed by atoms with van der Waals surface area (Å²) >= 11 is 0. The largest absolute Gasteiger partial charge is 0.264 e. The minimum atomic E-state index is 0.897. The Bertz CT molecular complexity index is 228. The lowest BCUT2D eigenvalue weighted by atomic mass is 10.2. The first-order chi connectivity index (χ1) is 5.38. The standard InChI is InChI=1S/C10H11N/c1-3-9-7-5-4-6-8-10(9)11-2/h3,5-8H,1-2,4H2. The average Bonchev–Trinajstić information content (AvgIpc) is 2.27. The molecule has 1 heteroatoms. The molecular formula is C10H11N. The Morgan fingerprint density at radius 2 is 2.09 bits per heavy atom. The van der Waals surface area contributed by atoms with Crippen molar-refractivity contribution < 1.29 is 0 Å². The van der Waals surface area contributed by atoms with Crippen molar-refractivity contribution in [2.24, 2.45) is 4.99 Å². The van der Waals surface area contributed by atoms with Crippen LogP contribution < -0.4 is 0 Å². The van der Waals surface area contributed by atoms with E-state index in [0.29, 0.717) is 0 Å². The molecule has 56 valence electrons. The molecule has 1 aliphatic carbocycles. The van der Waals surface area contributed by atoms with Crippen LogP contribution >= 0.6 is 0 Å². The zero-order chi connectivity index (χ0) is 8.10. The lowest BCUT2D eigenvalue weighted by Crippen LogP contribution is -1.76. The maximum absolute atomic E-state index is 3.88. The first kappa shape index (κ1) is 7.73. The molecule has 0 aromatic carbocycles. The van der Waals surface area contributed by atoms with E-state index < -0.39 is 0 Å². The predicted molar refractivity (Wildman–Crippen MR) is 49.7 cm³/mol. The third kappa shape index (κ3) is 1.77. The molecule has 0 fully saturated rings. The highest BCUT2D eigenvalue weighted by atomic mass is 14.7. The van der Waals surface area contributed by atoms with E-state index in [9.17, 15) is 0 Å². The van der Waals surface area contributed by atoms with Gasteiger partial charge in [-0.1, -0.05) is 30.9 Å². The van der Waals surface area contributed by atoms with Gasteiger partial charge in [0.15, 0.2) is 0 Å². The molecule has 0 atom stereocenters. The van der Waals surface area contributed by atoms with Crippen LogP contribution in [0.5, 0.6) is 0 Å². The van der Waals surface area contributed by atoms with Gasteiger partial charge in [-0.15, -0.1) is 0 Å². The van der Waals surface area contributed by atoms with Gasteiger partial charge in [-0.05, 0) is 24.8 Å². The van der Waals surface area contributed by atoms with Crippen LogP contribution in [0.15, 0.2) is 53.2 Å².